The lowest BCUT2D eigenvalue weighted by atomic mass is 10.3. The highest BCUT2D eigenvalue weighted by molar-refractivity contribution is 6.37. The van der Waals surface area contributed by atoms with Crippen LogP contribution >= 0.6 is 0 Å². The Labute approximate surface area is 145 Å². The number of hydrogen-bond donors (Lipinski definition) is 6. The van der Waals surface area contributed by atoms with E-state index in [2.05, 4.69) is 0 Å². The van der Waals surface area contributed by atoms with Crippen LogP contribution < -0.4 is 11.0 Å². The molecule has 0 unspecified atom stereocenters. The minimum atomic E-state index is -1.36. The highest BCUT2D eigenvalue weighted by atomic mass is 16.5. The quantitative estimate of drug-likeness (QED) is 0.102. The predicted octanol–water partition coefficient (Wildman–Crippen LogP) is -4.09. The zero-order valence-corrected chi connectivity index (χ0v) is 13.4. The summed E-state index contributed by atoms with van der Waals surface area (Å²) in [5.74, 6) is -7.70. The van der Waals surface area contributed by atoms with Crippen molar-refractivity contribution >= 4 is 35.3 Å². The summed E-state index contributed by atoms with van der Waals surface area (Å²) in [6.45, 7) is -3.25. The van der Waals surface area contributed by atoms with Gasteiger partial charge in [-0.2, -0.15) is 0 Å². The number of carbonyl (C=O) groups excluding carboxylic acids is 4. The molecule has 0 saturated heterocycles. The van der Waals surface area contributed by atoms with E-state index in [-0.39, 0.29) is 13.1 Å². The van der Waals surface area contributed by atoms with Crippen LogP contribution in [0.3, 0.4) is 0 Å². The fraction of sp³-hybridized carbons (Fsp3) is 0.500. The van der Waals surface area contributed by atoms with Gasteiger partial charge in [-0.3, -0.25) is 49.0 Å². The van der Waals surface area contributed by atoms with E-state index in [9.17, 15) is 28.8 Å². The second-order valence-electron chi connectivity index (χ2n) is 4.94. The third kappa shape index (κ3) is 9.38. The highest BCUT2D eigenvalue weighted by Crippen LogP contribution is 1.96. The Bertz CT molecular complexity index is 528. The van der Waals surface area contributed by atoms with Gasteiger partial charge >= 0.3 is 23.8 Å². The Kier molecular flexibility index (Phi) is 10.3. The molecule has 0 aliphatic carbocycles. The van der Waals surface area contributed by atoms with Crippen molar-refractivity contribution < 1.29 is 49.4 Å². The van der Waals surface area contributed by atoms with Crippen molar-refractivity contribution in [3.05, 3.63) is 0 Å². The molecule has 0 fully saturated rings. The number of hydrogen-bond acceptors (Lipinski definition) is 10. The molecular formula is C12H18N4O10. The Morgan fingerprint density at radius 1 is 0.615 bits per heavy atom. The van der Waals surface area contributed by atoms with Crippen LogP contribution in [0.5, 0.6) is 0 Å². The van der Waals surface area contributed by atoms with E-state index in [1.807, 2.05) is 0 Å². The zero-order chi connectivity index (χ0) is 20.3. The molecule has 0 aromatic rings. The number of Topliss-reactive ketones (excluding diaryl/α,β-unsaturated/α-hetero) is 2. The first-order chi connectivity index (χ1) is 12.1. The molecule has 0 atom stereocenters. The Morgan fingerprint density at radius 2 is 0.923 bits per heavy atom. The summed E-state index contributed by atoms with van der Waals surface area (Å²) in [6.07, 6.45) is 0. The molecule has 0 aliphatic rings. The Balaban J connectivity index is 4.96. The Hall–Kier alpha value is -2.94. The van der Waals surface area contributed by atoms with E-state index in [4.69, 9.17) is 20.6 Å². The van der Waals surface area contributed by atoms with Crippen LogP contribution in [0.1, 0.15) is 0 Å². The molecule has 14 nitrogen and oxygen atoms in total. The molecule has 0 heterocycles. The van der Waals surface area contributed by atoms with Gasteiger partial charge in [-0.25, -0.2) is 11.0 Å². The maximum atomic E-state index is 11.4. The first kappa shape index (κ1) is 23.1. The SMILES string of the molecule is O=C(O)CN(CCN(CC(=O)O)CC(=O)C(=O)NO)CC(=O)C(=O)NO. The Morgan fingerprint density at radius 3 is 1.15 bits per heavy atom. The average Bonchev–Trinajstić information content (AvgIpc) is 2.56. The summed E-state index contributed by atoms with van der Waals surface area (Å²) < 4.78 is 0. The van der Waals surface area contributed by atoms with E-state index in [0.29, 0.717) is 0 Å². The van der Waals surface area contributed by atoms with Crippen LogP contribution in [0, 0.1) is 0 Å². The minimum absolute atomic E-state index is 0.252. The number of nitrogens with zero attached hydrogens (tertiary/aromatic N) is 2. The van der Waals surface area contributed by atoms with Crippen molar-refractivity contribution in [3.8, 4) is 0 Å². The lowest BCUT2D eigenvalue weighted by Crippen LogP contribution is -2.46. The minimum Gasteiger partial charge on any atom is -0.480 e. The van der Waals surface area contributed by atoms with Crippen LogP contribution in [-0.4, -0.2) is 105 Å². The zero-order valence-electron chi connectivity index (χ0n) is 13.4. The number of carbonyl (C=O) groups is 6. The van der Waals surface area contributed by atoms with Crippen molar-refractivity contribution in [1.82, 2.24) is 20.8 Å². The van der Waals surface area contributed by atoms with Crippen LogP contribution in [0.15, 0.2) is 0 Å². The fourth-order valence-electron chi connectivity index (χ4n) is 1.77. The molecular weight excluding hydrogens is 360 g/mol. The summed E-state index contributed by atoms with van der Waals surface area (Å²) in [6, 6.07) is 0. The topological polar surface area (TPSA) is 214 Å². The van der Waals surface area contributed by atoms with Gasteiger partial charge in [0.15, 0.2) is 0 Å². The number of hydroxylamine groups is 2. The van der Waals surface area contributed by atoms with Crippen molar-refractivity contribution in [2.24, 2.45) is 0 Å². The average molecular weight is 378 g/mol. The summed E-state index contributed by atoms with van der Waals surface area (Å²) >= 11 is 0. The van der Waals surface area contributed by atoms with Crippen molar-refractivity contribution in [3.63, 3.8) is 0 Å². The van der Waals surface area contributed by atoms with Crippen LogP contribution in [-0.2, 0) is 28.8 Å². The lowest BCUT2D eigenvalue weighted by Gasteiger charge is -2.24. The van der Waals surface area contributed by atoms with Crippen LogP contribution in [0.4, 0.5) is 0 Å². The molecule has 2 amide bonds. The third-order valence-corrected chi connectivity index (χ3v) is 2.89. The van der Waals surface area contributed by atoms with Gasteiger partial charge in [0, 0.05) is 13.1 Å². The summed E-state index contributed by atoms with van der Waals surface area (Å²) in [4.78, 5) is 68.4. The molecule has 0 aromatic carbocycles. The number of rotatable bonds is 13. The molecule has 146 valence electrons. The number of carboxylic acids is 2. The van der Waals surface area contributed by atoms with Crippen molar-refractivity contribution in [2.45, 2.75) is 0 Å². The monoisotopic (exact) mass is 378 g/mol. The highest BCUT2D eigenvalue weighted by Gasteiger charge is 2.23. The molecule has 26 heavy (non-hydrogen) atoms. The summed E-state index contributed by atoms with van der Waals surface area (Å²) in [7, 11) is 0. The maximum Gasteiger partial charge on any atom is 0.317 e. The van der Waals surface area contributed by atoms with Crippen LogP contribution in [0.2, 0.25) is 0 Å². The maximum absolute atomic E-state index is 11.4. The van der Waals surface area contributed by atoms with Crippen molar-refractivity contribution in [1.29, 1.82) is 0 Å². The van der Waals surface area contributed by atoms with Gasteiger partial charge in [-0.15, -0.1) is 0 Å². The standard InChI is InChI=1S/C12H18N4O10/c17-7(11(23)13-25)3-15(5-9(19)20)1-2-16(6-10(21)22)4-8(18)12(24)14-26/h25-26H,1-6H2,(H,13,23)(H,14,24)(H,19,20)(H,21,22). The molecule has 0 bridgehead atoms. The third-order valence-electron chi connectivity index (χ3n) is 2.89. The molecule has 0 aliphatic heterocycles. The van der Waals surface area contributed by atoms with Gasteiger partial charge in [0.1, 0.15) is 0 Å². The number of carboxylic acid groups (broad SMARTS) is 2. The molecule has 0 rings (SSSR count). The normalized spacial score (nSPS) is 10.5. The number of ketones is 2. The molecule has 6 N–H and O–H groups in total. The van der Waals surface area contributed by atoms with Crippen molar-refractivity contribution in [2.75, 3.05) is 39.3 Å². The smallest absolute Gasteiger partial charge is 0.317 e. The lowest BCUT2D eigenvalue weighted by molar-refractivity contribution is -0.146. The van der Waals surface area contributed by atoms with Gasteiger partial charge in [-0.1, -0.05) is 0 Å². The van der Waals surface area contributed by atoms with E-state index in [0.717, 1.165) is 20.8 Å². The number of amides is 2. The van der Waals surface area contributed by atoms with Crippen LogP contribution in [0.25, 0.3) is 0 Å². The first-order valence-electron chi connectivity index (χ1n) is 6.93. The van der Waals surface area contributed by atoms with E-state index >= 15 is 0 Å². The second kappa shape index (κ2) is 11.6. The van der Waals surface area contributed by atoms with Gasteiger partial charge < -0.3 is 10.2 Å². The van der Waals surface area contributed by atoms with E-state index < -0.39 is 61.5 Å². The van der Waals surface area contributed by atoms with Gasteiger partial charge in [-0.05, 0) is 0 Å². The van der Waals surface area contributed by atoms with E-state index in [1.165, 1.54) is 0 Å². The summed E-state index contributed by atoms with van der Waals surface area (Å²) in [5, 5.41) is 34.4. The largest absolute Gasteiger partial charge is 0.480 e. The fourth-order valence-corrected chi connectivity index (χ4v) is 1.77. The molecule has 0 aromatic heterocycles. The molecule has 0 radical (unpaired) electrons. The summed E-state index contributed by atoms with van der Waals surface area (Å²) in [5.41, 5.74) is 2.19. The van der Waals surface area contributed by atoms with Gasteiger partial charge in [0.05, 0.1) is 26.2 Å². The van der Waals surface area contributed by atoms with Gasteiger partial charge in [0.25, 0.3) is 0 Å². The molecule has 0 spiro atoms. The van der Waals surface area contributed by atoms with Gasteiger partial charge in [0.2, 0.25) is 11.6 Å². The second-order valence-corrected chi connectivity index (χ2v) is 4.94. The predicted molar refractivity (Wildman–Crippen MR) is 78.0 cm³/mol. The van der Waals surface area contributed by atoms with E-state index in [1.54, 1.807) is 0 Å². The number of nitrogens with one attached hydrogen (secondary N) is 2. The molecule has 14 heteroatoms. The first-order valence-corrected chi connectivity index (χ1v) is 6.93. The number of aliphatic carboxylic acids is 2. The molecule has 0 saturated carbocycles.